The van der Waals surface area contributed by atoms with E-state index < -0.39 is 11.7 Å². The Bertz CT molecular complexity index is 637. The molecule has 16 heavy (non-hydrogen) atoms. The van der Waals surface area contributed by atoms with Crippen molar-refractivity contribution in [2.75, 3.05) is 0 Å². The highest BCUT2D eigenvalue weighted by molar-refractivity contribution is 5.86. The van der Waals surface area contributed by atoms with Gasteiger partial charge in [-0.05, 0) is 37.1 Å². The summed E-state index contributed by atoms with van der Waals surface area (Å²) in [4.78, 5) is 22.2. The number of aryl methyl sites for hydroxylation is 2. The van der Waals surface area contributed by atoms with E-state index in [4.69, 9.17) is 4.42 Å². The molecule has 1 heterocycles. The number of benzene rings is 1. The van der Waals surface area contributed by atoms with Crippen LogP contribution in [0.3, 0.4) is 0 Å². The number of carbonyl (C=O) groups excluding carboxylic acids is 1. The number of carboxylic acid groups (broad SMARTS) is 1. The van der Waals surface area contributed by atoms with Gasteiger partial charge >= 0.3 is 0 Å². The first-order chi connectivity index (χ1) is 7.49. The lowest BCUT2D eigenvalue weighted by Crippen LogP contribution is -2.23. The molecule has 0 amide bonds. The average molecular weight is 217 g/mol. The van der Waals surface area contributed by atoms with Gasteiger partial charge in [0.2, 0.25) is 0 Å². The molecule has 0 atom stereocenters. The monoisotopic (exact) mass is 217 g/mol. The zero-order valence-electron chi connectivity index (χ0n) is 8.87. The van der Waals surface area contributed by atoms with Crippen LogP contribution in [0.25, 0.3) is 11.0 Å². The smallest absolute Gasteiger partial charge is 0.193 e. The van der Waals surface area contributed by atoms with Crippen LogP contribution in [-0.4, -0.2) is 5.97 Å². The van der Waals surface area contributed by atoms with Crippen molar-refractivity contribution < 1.29 is 14.3 Å². The second-order valence-corrected chi connectivity index (χ2v) is 3.69. The molecule has 0 aliphatic carbocycles. The highest BCUT2D eigenvalue weighted by atomic mass is 16.4. The SMILES string of the molecule is Cc1cc2oc(C(=O)[O-])cc(=O)c2cc1C. The third kappa shape index (κ3) is 1.58. The molecule has 2 aromatic rings. The van der Waals surface area contributed by atoms with E-state index in [0.29, 0.717) is 5.39 Å². The lowest BCUT2D eigenvalue weighted by molar-refractivity contribution is -0.257. The highest BCUT2D eigenvalue weighted by Crippen LogP contribution is 2.17. The minimum atomic E-state index is -1.49. The molecule has 4 heteroatoms. The molecule has 0 bridgehead atoms. The van der Waals surface area contributed by atoms with Crippen LogP contribution in [-0.2, 0) is 0 Å². The zero-order chi connectivity index (χ0) is 11.9. The van der Waals surface area contributed by atoms with E-state index in [9.17, 15) is 14.7 Å². The van der Waals surface area contributed by atoms with Crippen molar-refractivity contribution in [3.8, 4) is 0 Å². The van der Waals surface area contributed by atoms with Crippen LogP contribution in [0.5, 0.6) is 0 Å². The van der Waals surface area contributed by atoms with E-state index in [1.807, 2.05) is 13.8 Å². The van der Waals surface area contributed by atoms with Gasteiger partial charge in [0, 0.05) is 6.07 Å². The van der Waals surface area contributed by atoms with Crippen molar-refractivity contribution in [2.45, 2.75) is 13.8 Å². The van der Waals surface area contributed by atoms with E-state index in [2.05, 4.69) is 0 Å². The molecule has 0 aliphatic rings. The maximum atomic E-state index is 11.6. The summed E-state index contributed by atoms with van der Waals surface area (Å²) in [5.41, 5.74) is 1.80. The largest absolute Gasteiger partial charge is 0.542 e. The van der Waals surface area contributed by atoms with Crippen LogP contribution in [0.2, 0.25) is 0 Å². The van der Waals surface area contributed by atoms with Crippen LogP contribution in [0.4, 0.5) is 0 Å². The Morgan fingerprint density at radius 2 is 1.81 bits per heavy atom. The van der Waals surface area contributed by atoms with Crippen LogP contribution < -0.4 is 10.5 Å². The summed E-state index contributed by atoms with van der Waals surface area (Å²) in [6.07, 6.45) is 0. The van der Waals surface area contributed by atoms with Gasteiger partial charge in [0.15, 0.2) is 11.2 Å². The van der Waals surface area contributed by atoms with Crippen molar-refractivity contribution >= 4 is 16.9 Å². The van der Waals surface area contributed by atoms with Crippen LogP contribution in [0, 0.1) is 13.8 Å². The van der Waals surface area contributed by atoms with E-state index >= 15 is 0 Å². The lowest BCUT2D eigenvalue weighted by Gasteiger charge is -2.05. The number of aromatic carboxylic acids is 1. The van der Waals surface area contributed by atoms with Gasteiger partial charge in [-0.1, -0.05) is 0 Å². The third-order valence-corrected chi connectivity index (χ3v) is 2.54. The molecular weight excluding hydrogens is 208 g/mol. The molecule has 0 saturated carbocycles. The minimum absolute atomic E-state index is 0.273. The normalized spacial score (nSPS) is 10.6. The van der Waals surface area contributed by atoms with Crippen LogP contribution >= 0.6 is 0 Å². The first-order valence-electron chi connectivity index (χ1n) is 4.75. The van der Waals surface area contributed by atoms with Gasteiger partial charge < -0.3 is 14.3 Å². The van der Waals surface area contributed by atoms with Crippen molar-refractivity contribution in [1.29, 1.82) is 0 Å². The maximum Gasteiger partial charge on any atom is 0.193 e. The van der Waals surface area contributed by atoms with Gasteiger partial charge in [-0.15, -0.1) is 0 Å². The molecule has 1 aromatic heterocycles. The third-order valence-electron chi connectivity index (χ3n) is 2.54. The van der Waals surface area contributed by atoms with Crippen LogP contribution in [0.1, 0.15) is 21.7 Å². The van der Waals surface area contributed by atoms with E-state index in [-0.39, 0.29) is 11.0 Å². The lowest BCUT2D eigenvalue weighted by atomic mass is 10.1. The summed E-state index contributed by atoms with van der Waals surface area (Å²) in [7, 11) is 0. The zero-order valence-corrected chi connectivity index (χ0v) is 8.87. The highest BCUT2D eigenvalue weighted by Gasteiger charge is 2.07. The topological polar surface area (TPSA) is 70.3 Å². The molecule has 0 spiro atoms. The van der Waals surface area contributed by atoms with E-state index in [1.54, 1.807) is 12.1 Å². The maximum absolute atomic E-state index is 11.6. The first-order valence-corrected chi connectivity index (χ1v) is 4.75. The molecule has 1 aromatic carbocycles. The number of rotatable bonds is 1. The predicted octanol–water partition coefficient (Wildman–Crippen LogP) is 0.773. The molecule has 0 unspecified atom stereocenters. The van der Waals surface area contributed by atoms with Crippen LogP contribution in [0.15, 0.2) is 27.4 Å². The van der Waals surface area contributed by atoms with Gasteiger partial charge in [0.1, 0.15) is 11.6 Å². The first kappa shape index (κ1) is 10.4. The fourth-order valence-electron chi connectivity index (χ4n) is 1.51. The number of carbonyl (C=O) groups is 1. The summed E-state index contributed by atoms with van der Waals surface area (Å²) in [6, 6.07) is 4.28. The fraction of sp³-hybridized carbons (Fsp3) is 0.167. The van der Waals surface area contributed by atoms with Crippen molar-refractivity contribution in [2.24, 2.45) is 0 Å². The number of fused-ring (bicyclic) bond motifs is 1. The summed E-state index contributed by atoms with van der Waals surface area (Å²) in [6.45, 7) is 3.74. The Hall–Kier alpha value is -2.10. The molecule has 0 N–H and O–H groups in total. The molecule has 82 valence electrons. The average Bonchev–Trinajstić information content (AvgIpc) is 2.20. The molecule has 0 aliphatic heterocycles. The van der Waals surface area contributed by atoms with E-state index in [1.165, 1.54) is 0 Å². The van der Waals surface area contributed by atoms with E-state index in [0.717, 1.165) is 17.2 Å². The number of carboxylic acids is 1. The second-order valence-electron chi connectivity index (χ2n) is 3.69. The van der Waals surface area contributed by atoms with Crippen molar-refractivity contribution in [1.82, 2.24) is 0 Å². The summed E-state index contributed by atoms with van der Waals surface area (Å²) in [5, 5.41) is 11.0. The Balaban J connectivity index is 2.88. The van der Waals surface area contributed by atoms with Gasteiger partial charge in [0.25, 0.3) is 0 Å². The van der Waals surface area contributed by atoms with Gasteiger partial charge in [0.05, 0.1) is 5.39 Å². The Morgan fingerprint density at radius 1 is 1.19 bits per heavy atom. The Labute approximate surface area is 91.1 Å². The van der Waals surface area contributed by atoms with Gasteiger partial charge in [-0.25, -0.2) is 0 Å². The van der Waals surface area contributed by atoms with Crippen molar-refractivity contribution in [3.63, 3.8) is 0 Å². The fourth-order valence-corrected chi connectivity index (χ4v) is 1.51. The second kappa shape index (κ2) is 3.48. The van der Waals surface area contributed by atoms with Crippen molar-refractivity contribution in [3.05, 3.63) is 45.3 Å². The summed E-state index contributed by atoms with van der Waals surface area (Å²) >= 11 is 0. The standard InChI is InChI=1S/C12H10O4/c1-6-3-8-9(13)5-11(12(14)15)16-10(8)4-7(6)2/h3-5H,1-2H3,(H,14,15)/p-1. The molecule has 0 radical (unpaired) electrons. The molecule has 0 fully saturated rings. The molecule has 4 nitrogen and oxygen atoms in total. The number of hydrogen-bond donors (Lipinski definition) is 0. The Morgan fingerprint density at radius 3 is 2.44 bits per heavy atom. The minimum Gasteiger partial charge on any atom is -0.542 e. The summed E-state index contributed by atoms with van der Waals surface area (Å²) < 4.78 is 5.08. The Kier molecular flexibility index (Phi) is 2.27. The molecule has 2 rings (SSSR count). The number of hydrogen-bond acceptors (Lipinski definition) is 4. The molecule has 0 saturated heterocycles. The van der Waals surface area contributed by atoms with Gasteiger partial charge in [-0.2, -0.15) is 0 Å². The quantitative estimate of drug-likeness (QED) is 0.707. The molecular formula is C12H9O4-. The van der Waals surface area contributed by atoms with Gasteiger partial charge in [-0.3, -0.25) is 4.79 Å². The predicted molar refractivity (Wildman–Crippen MR) is 56.3 cm³/mol. The summed E-state index contributed by atoms with van der Waals surface area (Å²) in [5.74, 6) is -1.93.